The second-order valence-electron chi connectivity index (χ2n) is 4.80. The Kier molecular flexibility index (Phi) is 11.2. The van der Waals surface area contributed by atoms with Crippen LogP contribution in [0.5, 0.6) is 0 Å². The Bertz CT molecular complexity index is 765. The summed E-state index contributed by atoms with van der Waals surface area (Å²) in [6.07, 6.45) is 12.2. The predicted octanol–water partition coefficient (Wildman–Crippen LogP) is 3.56. The van der Waals surface area contributed by atoms with Crippen LogP contribution in [0, 0.1) is 6.92 Å². The van der Waals surface area contributed by atoms with Crippen LogP contribution in [0.3, 0.4) is 0 Å². The number of aryl methyl sites for hydroxylation is 1. The minimum Gasteiger partial charge on any atom is -0.387 e. The molecule has 0 bridgehead atoms. The van der Waals surface area contributed by atoms with Crippen LogP contribution in [0.25, 0.3) is 0 Å². The van der Waals surface area contributed by atoms with Gasteiger partial charge in [-0.25, -0.2) is 9.59 Å². The monoisotopic (exact) mass is 378 g/mol. The number of hydrogen-bond acceptors (Lipinski definition) is 5. The van der Waals surface area contributed by atoms with Crippen LogP contribution < -0.4 is 0 Å². The van der Waals surface area contributed by atoms with Crippen molar-refractivity contribution < 1.29 is 27.3 Å². The van der Waals surface area contributed by atoms with Gasteiger partial charge < -0.3 is 4.74 Å². The minimum absolute atomic E-state index is 0.0666. The van der Waals surface area contributed by atoms with Crippen molar-refractivity contribution in [3.8, 4) is 0 Å². The van der Waals surface area contributed by atoms with Gasteiger partial charge in [-0.1, -0.05) is 54.2 Å². The Morgan fingerprint density at radius 1 is 0.885 bits per heavy atom. The third-order valence-corrected chi connectivity index (χ3v) is 3.46. The van der Waals surface area contributed by atoms with E-state index in [2.05, 4.69) is 4.74 Å². The van der Waals surface area contributed by atoms with Gasteiger partial charge in [0.2, 0.25) is 0 Å². The van der Waals surface area contributed by atoms with E-state index in [1.807, 2.05) is 20.8 Å². The van der Waals surface area contributed by atoms with Crippen molar-refractivity contribution in [1.82, 2.24) is 0 Å². The number of esters is 2. The Hall–Kier alpha value is -2.77. The van der Waals surface area contributed by atoms with E-state index >= 15 is 0 Å². The number of carbonyl (C=O) groups is 2. The Morgan fingerprint density at radius 3 is 1.65 bits per heavy atom. The molecule has 0 saturated carbocycles. The average Bonchev–Trinajstić information content (AvgIpc) is 2.55. The molecule has 0 fully saturated rings. The molecule has 0 spiro atoms. The lowest BCUT2D eigenvalue weighted by atomic mass is 10.2. The molecule has 0 saturated heterocycles. The van der Waals surface area contributed by atoms with Crippen molar-refractivity contribution >= 4 is 22.1 Å². The summed E-state index contributed by atoms with van der Waals surface area (Å²) in [6.45, 7) is 5.48. The molecule has 0 amide bonds. The number of carbonyl (C=O) groups excluding carboxylic acids is 2. The molecule has 1 rings (SSSR count). The second kappa shape index (κ2) is 12.6. The summed E-state index contributed by atoms with van der Waals surface area (Å²) < 4.78 is 34.0. The van der Waals surface area contributed by atoms with Crippen LogP contribution >= 0.6 is 0 Å². The lowest BCUT2D eigenvalue weighted by Gasteiger charge is -1.95. The highest BCUT2D eigenvalue weighted by Crippen LogP contribution is 2.08. The molecule has 1 N–H and O–H groups in total. The van der Waals surface area contributed by atoms with Crippen molar-refractivity contribution in [2.75, 3.05) is 0 Å². The highest BCUT2D eigenvalue weighted by Gasteiger charge is 2.06. The first kappa shape index (κ1) is 23.2. The lowest BCUT2D eigenvalue weighted by Crippen LogP contribution is -2.06. The summed E-state index contributed by atoms with van der Waals surface area (Å²) in [7, 11) is -4.02. The zero-order valence-electron chi connectivity index (χ0n) is 14.8. The normalized spacial score (nSPS) is 11.8. The molecule has 0 aliphatic heterocycles. The number of rotatable bonds is 5. The third kappa shape index (κ3) is 11.7. The highest BCUT2D eigenvalue weighted by atomic mass is 32.2. The van der Waals surface area contributed by atoms with Gasteiger partial charge in [0.1, 0.15) is 0 Å². The molecule has 0 atom stereocenters. The SMILES string of the molecule is CC=CC=CC(=O)OC(=O)C=CC=CC.Cc1ccc(S(=O)(=O)O)cc1. The van der Waals surface area contributed by atoms with Crippen LogP contribution in [0.1, 0.15) is 19.4 Å². The van der Waals surface area contributed by atoms with Crippen molar-refractivity contribution in [2.24, 2.45) is 0 Å². The zero-order chi connectivity index (χ0) is 20.0. The first-order chi connectivity index (χ1) is 12.2. The van der Waals surface area contributed by atoms with E-state index in [4.69, 9.17) is 4.55 Å². The average molecular weight is 378 g/mol. The molecule has 1 aromatic rings. The van der Waals surface area contributed by atoms with Gasteiger partial charge in [-0.3, -0.25) is 4.55 Å². The Balaban J connectivity index is 0.000000502. The van der Waals surface area contributed by atoms with Gasteiger partial charge in [-0.15, -0.1) is 0 Å². The first-order valence-corrected chi connectivity index (χ1v) is 9.03. The molecule has 26 heavy (non-hydrogen) atoms. The van der Waals surface area contributed by atoms with Crippen molar-refractivity contribution in [3.63, 3.8) is 0 Å². The quantitative estimate of drug-likeness (QED) is 0.277. The minimum atomic E-state index is -4.02. The Labute approximate surface area is 153 Å². The van der Waals surface area contributed by atoms with Gasteiger partial charge in [0.25, 0.3) is 10.1 Å². The van der Waals surface area contributed by atoms with E-state index in [9.17, 15) is 18.0 Å². The summed E-state index contributed by atoms with van der Waals surface area (Å²) in [5.74, 6) is -1.36. The van der Waals surface area contributed by atoms with E-state index in [0.29, 0.717) is 0 Å². The molecule has 7 heteroatoms. The molecule has 0 aliphatic carbocycles. The summed E-state index contributed by atoms with van der Waals surface area (Å²) in [5.41, 5.74) is 0.956. The molecule has 0 radical (unpaired) electrons. The summed E-state index contributed by atoms with van der Waals surface area (Å²) in [6, 6.07) is 5.99. The molecule has 0 aliphatic rings. The van der Waals surface area contributed by atoms with Crippen LogP contribution in [-0.4, -0.2) is 24.9 Å². The van der Waals surface area contributed by atoms with Gasteiger partial charge >= 0.3 is 11.9 Å². The standard InChI is InChI=1S/C12H14O3.C7H8O3S/c1-3-5-7-9-11(13)15-12(14)10-8-6-4-2;1-6-2-4-7(5-3-6)11(8,9)10/h3-10H,1-2H3;2-5H,1H3,(H,8,9,10). The summed E-state index contributed by atoms with van der Waals surface area (Å²) >= 11 is 0. The molecule has 0 unspecified atom stereocenters. The maximum Gasteiger partial charge on any atom is 0.338 e. The molecule has 0 heterocycles. The number of allylic oxidation sites excluding steroid dienone is 6. The molecule has 6 nitrogen and oxygen atoms in total. The topological polar surface area (TPSA) is 97.7 Å². The van der Waals surface area contributed by atoms with Crippen molar-refractivity contribution in [2.45, 2.75) is 25.7 Å². The third-order valence-electron chi connectivity index (χ3n) is 2.59. The summed E-state index contributed by atoms with van der Waals surface area (Å²) in [5, 5.41) is 0. The maximum atomic E-state index is 10.9. The zero-order valence-corrected chi connectivity index (χ0v) is 15.6. The second-order valence-corrected chi connectivity index (χ2v) is 6.22. The molecule has 1 aromatic carbocycles. The number of hydrogen-bond donors (Lipinski definition) is 1. The van der Waals surface area contributed by atoms with Gasteiger partial charge in [-0.05, 0) is 32.9 Å². The van der Waals surface area contributed by atoms with E-state index in [1.165, 1.54) is 36.4 Å². The largest absolute Gasteiger partial charge is 0.387 e. The summed E-state index contributed by atoms with van der Waals surface area (Å²) in [4.78, 5) is 21.8. The van der Waals surface area contributed by atoms with Gasteiger partial charge in [0.15, 0.2) is 0 Å². The first-order valence-electron chi connectivity index (χ1n) is 7.59. The molecular weight excluding hydrogens is 356 g/mol. The molecular formula is C19H22O6S. The fourth-order valence-corrected chi connectivity index (χ4v) is 1.85. The fourth-order valence-electron chi connectivity index (χ4n) is 1.37. The van der Waals surface area contributed by atoms with Crippen molar-refractivity contribution in [1.29, 1.82) is 0 Å². The van der Waals surface area contributed by atoms with E-state index in [1.54, 1.807) is 36.4 Å². The smallest absolute Gasteiger partial charge is 0.338 e. The number of benzene rings is 1. The predicted molar refractivity (Wildman–Crippen MR) is 100 cm³/mol. The van der Waals surface area contributed by atoms with E-state index in [-0.39, 0.29) is 4.90 Å². The lowest BCUT2D eigenvalue weighted by molar-refractivity contribution is -0.152. The van der Waals surface area contributed by atoms with Gasteiger partial charge in [0, 0.05) is 12.2 Å². The maximum absolute atomic E-state index is 10.9. The fraction of sp³-hybridized carbons (Fsp3) is 0.158. The molecule has 0 aromatic heterocycles. The van der Waals surface area contributed by atoms with Gasteiger partial charge in [0.05, 0.1) is 4.90 Å². The Morgan fingerprint density at radius 2 is 1.31 bits per heavy atom. The number of ether oxygens (including phenoxy) is 1. The van der Waals surface area contributed by atoms with Crippen molar-refractivity contribution in [3.05, 3.63) is 78.4 Å². The highest BCUT2D eigenvalue weighted by molar-refractivity contribution is 7.85. The van der Waals surface area contributed by atoms with Crippen LogP contribution in [0.2, 0.25) is 0 Å². The van der Waals surface area contributed by atoms with E-state index in [0.717, 1.165) is 5.56 Å². The van der Waals surface area contributed by atoms with E-state index < -0.39 is 22.1 Å². The van der Waals surface area contributed by atoms with Crippen LogP contribution in [0.15, 0.2) is 77.8 Å². The molecule has 140 valence electrons. The van der Waals surface area contributed by atoms with Crippen LogP contribution in [-0.2, 0) is 24.4 Å². The van der Waals surface area contributed by atoms with Gasteiger partial charge in [-0.2, -0.15) is 8.42 Å². The van der Waals surface area contributed by atoms with Crippen LogP contribution in [0.4, 0.5) is 0 Å².